The van der Waals surface area contributed by atoms with Gasteiger partial charge in [0.15, 0.2) is 0 Å². The number of carbonyl (C=O) groups is 2. The summed E-state index contributed by atoms with van der Waals surface area (Å²) < 4.78 is 0. The lowest BCUT2D eigenvalue weighted by Gasteiger charge is -2.07. The number of aryl methyl sites for hydroxylation is 1. The molecule has 0 fully saturated rings. The average molecular weight is 402 g/mol. The molecule has 1 aromatic heterocycles. The van der Waals surface area contributed by atoms with Gasteiger partial charge in [0.2, 0.25) is 5.91 Å². The highest BCUT2D eigenvalue weighted by Crippen LogP contribution is 2.21. The Bertz CT molecular complexity index is 1170. The highest BCUT2D eigenvalue weighted by Gasteiger charge is 2.15. The van der Waals surface area contributed by atoms with Crippen LogP contribution >= 0.6 is 0 Å². The second kappa shape index (κ2) is 8.78. The molecule has 8 heteroatoms. The van der Waals surface area contributed by atoms with Crippen molar-refractivity contribution in [1.82, 2.24) is 4.98 Å². The highest BCUT2D eigenvalue weighted by atomic mass is 16.6. The van der Waals surface area contributed by atoms with Gasteiger partial charge < -0.3 is 11.1 Å². The Morgan fingerprint density at radius 1 is 1.03 bits per heavy atom. The van der Waals surface area contributed by atoms with Gasteiger partial charge in [-0.3, -0.25) is 24.7 Å². The predicted octanol–water partition coefficient (Wildman–Crippen LogP) is 3.82. The first-order chi connectivity index (χ1) is 14.3. The molecule has 0 unspecified atom stereocenters. The summed E-state index contributed by atoms with van der Waals surface area (Å²) >= 11 is 0. The van der Waals surface area contributed by atoms with Crippen LogP contribution in [0.3, 0.4) is 0 Å². The minimum atomic E-state index is -0.557. The molecule has 0 aliphatic rings. The molecule has 0 atom stereocenters. The molecular formula is C22H18N4O4. The first-order valence-electron chi connectivity index (χ1n) is 8.93. The number of anilines is 1. The van der Waals surface area contributed by atoms with E-state index in [1.54, 1.807) is 61.7 Å². The van der Waals surface area contributed by atoms with Crippen LogP contribution in [0.4, 0.5) is 11.4 Å². The number of nitrogens with two attached hydrogens (primary N) is 1. The highest BCUT2D eigenvalue weighted by molar-refractivity contribution is 6.04. The summed E-state index contributed by atoms with van der Waals surface area (Å²) in [7, 11) is 0. The van der Waals surface area contributed by atoms with E-state index in [0.717, 1.165) is 5.56 Å². The molecule has 2 amide bonds. The van der Waals surface area contributed by atoms with Crippen molar-refractivity contribution >= 4 is 35.3 Å². The Kier molecular flexibility index (Phi) is 5.97. The summed E-state index contributed by atoms with van der Waals surface area (Å²) in [6, 6.07) is 13.0. The summed E-state index contributed by atoms with van der Waals surface area (Å²) in [6.45, 7) is 1.62. The van der Waals surface area contributed by atoms with E-state index in [0.29, 0.717) is 22.4 Å². The van der Waals surface area contributed by atoms with Gasteiger partial charge >= 0.3 is 0 Å². The number of pyridine rings is 1. The zero-order chi connectivity index (χ0) is 21.7. The molecule has 1 heterocycles. The molecule has 3 aromatic rings. The summed E-state index contributed by atoms with van der Waals surface area (Å²) in [4.78, 5) is 38.3. The van der Waals surface area contributed by atoms with Crippen molar-refractivity contribution in [2.45, 2.75) is 6.92 Å². The van der Waals surface area contributed by atoms with E-state index in [9.17, 15) is 19.7 Å². The number of nitrogens with one attached hydrogen (secondary N) is 1. The maximum absolute atomic E-state index is 12.5. The molecule has 3 rings (SSSR count). The van der Waals surface area contributed by atoms with Crippen molar-refractivity contribution in [2.24, 2.45) is 5.73 Å². The van der Waals surface area contributed by atoms with Crippen molar-refractivity contribution in [3.63, 3.8) is 0 Å². The van der Waals surface area contributed by atoms with Crippen LogP contribution in [-0.2, 0) is 0 Å². The Morgan fingerprint density at radius 3 is 2.53 bits per heavy atom. The summed E-state index contributed by atoms with van der Waals surface area (Å²) in [5.41, 5.74) is 8.18. The lowest BCUT2D eigenvalue weighted by molar-refractivity contribution is -0.385. The second-order valence-corrected chi connectivity index (χ2v) is 6.54. The Morgan fingerprint density at radius 2 is 1.80 bits per heavy atom. The molecule has 30 heavy (non-hydrogen) atoms. The molecule has 0 aliphatic carbocycles. The molecule has 0 spiro atoms. The lowest BCUT2D eigenvalue weighted by atomic mass is 10.1. The Balaban J connectivity index is 1.76. The van der Waals surface area contributed by atoms with Gasteiger partial charge in [-0.05, 0) is 42.3 Å². The number of aromatic nitrogens is 1. The van der Waals surface area contributed by atoms with E-state index in [1.165, 1.54) is 12.3 Å². The third-order valence-electron chi connectivity index (χ3n) is 4.32. The first-order valence-corrected chi connectivity index (χ1v) is 8.93. The van der Waals surface area contributed by atoms with Crippen LogP contribution < -0.4 is 11.1 Å². The number of primary amides is 1. The van der Waals surface area contributed by atoms with E-state index in [2.05, 4.69) is 10.3 Å². The van der Waals surface area contributed by atoms with Gasteiger partial charge in [0, 0.05) is 35.3 Å². The second-order valence-electron chi connectivity index (χ2n) is 6.54. The van der Waals surface area contributed by atoms with Crippen molar-refractivity contribution in [3.05, 3.63) is 98.9 Å². The molecular weight excluding hydrogens is 384 g/mol. The molecule has 3 N–H and O–H groups in total. The third-order valence-corrected chi connectivity index (χ3v) is 4.32. The number of amides is 2. The fourth-order valence-electron chi connectivity index (χ4n) is 2.75. The average Bonchev–Trinajstić information content (AvgIpc) is 2.72. The van der Waals surface area contributed by atoms with Gasteiger partial charge in [-0.2, -0.15) is 0 Å². The topological polar surface area (TPSA) is 128 Å². The van der Waals surface area contributed by atoms with Crippen molar-refractivity contribution < 1.29 is 14.5 Å². The van der Waals surface area contributed by atoms with E-state index < -0.39 is 16.7 Å². The number of nitrogens with zero attached hydrogens (tertiary/aromatic N) is 2. The molecule has 0 aliphatic heterocycles. The minimum absolute atomic E-state index is 0.105. The number of nitro groups is 1. The number of carbonyl (C=O) groups excluding carboxylic acids is 2. The number of rotatable bonds is 6. The van der Waals surface area contributed by atoms with Crippen LogP contribution in [-0.4, -0.2) is 21.7 Å². The van der Waals surface area contributed by atoms with Gasteiger partial charge in [0.05, 0.1) is 10.5 Å². The van der Waals surface area contributed by atoms with Gasteiger partial charge in [-0.15, -0.1) is 0 Å². The molecule has 0 radical (unpaired) electrons. The smallest absolute Gasteiger partial charge is 0.273 e. The molecule has 2 aromatic carbocycles. The Labute approximate surface area is 172 Å². The number of benzene rings is 2. The zero-order valence-corrected chi connectivity index (χ0v) is 16.0. The molecule has 0 saturated carbocycles. The van der Waals surface area contributed by atoms with Crippen LogP contribution in [0.5, 0.6) is 0 Å². The zero-order valence-electron chi connectivity index (χ0n) is 16.0. The van der Waals surface area contributed by atoms with Crippen LogP contribution in [0, 0.1) is 17.0 Å². The van der Waals surface area contributed by atoms with Gasteiger partial charge in [-0.25, -0.2) is 0 Å². The summed E-state index contributed by atoms with van der Waals surface area (Å²) in [5, 5.41) is 13.8. The molecule has 8 nitrogen and oxygen atoms in total. The standard InChI is InChI=1S/C22H18N4O4/c1-14-5-8-17(11-20(14)26(29)30)22(28)25-19-4-2-3-15(10-19)6-7-16-9-18(21(23)27)13-24-12-16/h2-13H,1H3,(H2,23,27)(H,25,28). The number of nitro benzene ring substituents is 1. The third kappa shape index (κ3) is 4.93. The van der Waals surface area contributed by atoms with Crippen molar-refractivity contribution in [3.8, 4) is 0 Å². The fraction of sp³-hybridized carbons (Fsp3) is 0.0455. The van der Waals surface area contributed by atoms with E-state index in [-0.39, 0.29) is 11.3 Å². The largest absolute Gasteiger partial charge is 0.366 e. The SMILES string of the molecule is Cc1ccc(C(=O)Nc2cccc(C=Cc3cncc(C(N)=O)c3)c2)cc1[N+](=O)[O-]. The van der Waals surface area contributed by atoms with Crippen molar-refractivity contribution in [2.75, 3.05) is 5.32 Å². The van der Waals surface area contributed by atoms with Crippen LogP contribution in [0.15, 0.2) is 60.9 Å². The van der Waals surface area contributed by atoms with Crippen LogP contribution in [0.1, 0.15) is 37.4 Å². The summed E-state index contributed by atoms with van der Waals surface area (Å²) in [5.74, 6) is -1.00. The van der Waals surface area contributed by atoms with E-state index in [4.69, 9.17) is 5.73 Å². The first kappa shape index (κ1) is 20.4. The summed E-state index contributed by atoms with van der Waals surface area (Å²) in [6.07, 6.45) is 6.56. The van der Waals surface area contributed by atoms with Gasteiger partial charge in [-0.1, -0.05) is 30.4 Å². The lowest BCUT2D eigenvalue weighted by Crippen LogP contribution is -2.12. The van der Waals surface area contributed by atoms with Crippen LogP contribution in [0.2, 0.25) is 0 Å². The van der Waals surface area contributed by atoms with E-state index in [1.807, 2.05) is 6.07 Å². The maximum atomic E-state index is 12.5. The molecule has 150 valence electrons. The molecule has 0 bridgehead atoms. The molecule has 0 saturated heterocycles. The maximum Gasteiger partial charge on any atom is 0.273 e. The van der Waals surface area contributed by atoms with Crippen LogP contribution in [0.25, 0.3) is 12.2 Å². The van der Waals surface area contributed by atoms with E-state index >= 15 is 0 Å². The van der Waals surface area contributed by atoms with Gasteiger partial charge in [0.1, 0.15) is 0 Å². The van der Waals surface area contributed by atoms with Gasteiger partial charge in [0.25, 0.3) is 11.6 Å². The minimum Gasteiger partial charge on any atom is -0.366 e. The number of hydrogen-bond acceptors (Lipinski definition) is 5. The number of hydrogen-bond donors (Lipinski definition) is 2. The Hall–Kier alpha value is -4.33. The van der Waals surface area contributed by atoms with Crippen molar-refractivity contribution in [1.29, 1.82) is 0 Å². The quantitative estimate of drug-likeness (QED) is 0.478. The predicted molar refractivity (Wildman–Crippen MR) is 114 cm³/mol. The fourth-order valence-corrected chi connectivity index (χ4v) is 2.75. The monoisotopic (exact) mass is 402 g/mol. The normalized spacial score (nSPS) is 10.7.